The van der Waals surface area contributed by atoms with Crippen LogP contribution in [0.2, 0.25) is 0 Å². The number of thiazole rings is 1. The Morgan fingerprint density at radius 1 is 1.44 bits per heavy atom. The van der Waals surface area contributed by atoms with Crippen LogP contribution in [0.4, 0.5) is 5.82 Å². The second kappa shape index (κ2) is 9.72. The van der Waals surface area contributed by atoms with Gasteiger partial charge >= 0.3 is 0 Å². The zero-order valence-electron chi connectivity index (χ0n) is 18.6. The molecule has 2 unspecified atom stereocenters. The third-order valence-corrected chi connectivity index (χ3v) is 8.08. The van der Waals surface area contributed by atoms with Gasteiger partial charge in [-0.05, 0) is 63.3 Å². The molecule has 2 aliphatic heterocycles. The molecule has 0 aromatic carbocycles. The third kappa shape index (κ3) is 4.74. The lowest BCUT2D eigenvalue weighted by molar-refractivity contribution is -0.0281. The maximum atomic E-state index is 12.9. The number of amides is 1. The van der Waals surface area contributed by atoms with E-state index in [1.54, 1.807) is 13.1 Å². The van der Waals surface area contributed by atoms with Gasteiger partial charge in [0, 0.05) is 18.3 Å². The van der Waals surface area contributed by atoms with Crippen LogP contribution in [0.3, 0.4) is 0 Å². The van der Waals surface area contributed by atoms with Gasteiger partial charge in [-0.3, -0.25) is 9.79 Å². The Bertz CT molecular complexity index is 1010. The van der Waals surface area contributed by atoms with Crippen molar-refractivity contribution in [3.8, 4) is 0 Å². The number of carbonyl (C=O) groups is 1. The van der Waals surface area contributed by atoms with Gasteiger partial charge in [0.05, 0.1) is 27.7 Å². The van der Waals surface area contributed by atoms with Crippen LogP contribution in [-0.4, -0.2) is 50.6 Å². The number of fused-ring (bicyclic) bond motifs is 2. The number of thioether (sulfide) groups is 1. The summed E-state index contributed by atoms with van der Waals surface area (Å²) in [6.07, 6.45) is 4.44. The average molecular weight is 472 g/mol. The van der Waals surface area contributed by atoms with E-state index in [0.717, 1.165) is 47.3 Å². The highest BCUT2D eigenvalue weighted by Crippen LogP contribution is 2.41. The minimum absolute atomic E-state index is 0.104. The van der Waals surface area contributed by atoms with Crippen molar-refractivity contribution in [1.29, 1.82) is 0 Å². The maximum Gasteiger partial charge on any atom is 0.255 e. The SMILES string of the molecule is C=N/C(=C\SCNc1ccc(C(=O)N2[C@@H]3CC(C)C[C@H]2C3)cn1)c1sc(C(C)O)nc1C. The normalized spacial score (nSPS) is 23.4. The van der Waals surface area contributed by atoms with Crippen molar-refractivity contribution in [2.24, 2.45) is 10.9 Å². The van der Waals surface area contributed by atoms with Gasteiger partial charge in [-0.2, -0.15) is 0 Å². The summed E-state index contributed by atoms with van der Waals surface area (Å²) in [5.74, 6) is 2.14. The van der Waals surface area contributed by atoms with E-state index < -0.39 is 6.10 Å². The van der Waals surface area contributed by atoms with E-state index in [0.29, 0.717) is 28.5 Å². The molecule has 2 aromatic rings. The number of carbonyl (C=O) groups excluding carboxylic acids is 1. The summed E-state index contributed by atoms with van der Waals surface area (Å²) in [6.45, 7) is 9.54. The van der Waals surface area contributed by atoms with Crippen LogP contribution in [0.1, 0.15) is 65.2 Å². The summed E-state index contributed by atoms with van der Waals surface area (Å²) in [6, 6.07) is 4.52. The van der Waals surface area contributed by atoms with Crippen molar-refractivity contribution in [2.75, 3.05) is 11.2 Å². The number of aliphatic imine (C=N–C) groups is 1. The van der Waals surface area contributed by atoms with Gasteiger partial charge in [0.15, 0.2) is 0 Å². The summed E-state index contributed by atoms with van der Waals surface area (Å²) in [5.41, 5.74) is 2.22. The summed E-state index contributed by atoms with van der Waals surface area (Å²) in [5, 5.41) is 15.6. The molecule has 2 bridgehead atoms. The first-order valence-corrected chi connectivity index (χ1v) is 12.7. The Kier molecular flexibility index (Phi) is 6.97. The number of piperidine rings is 1. The van der Waals surface area contributed by atoms with Crippen molar-refractivity contribution in [2.45, 2.75) is 58.2 Å². The fourth-order valence-electron chi connectivity index (χ4n) is 4.48. The highest BCUT2D eigenvalue weighted by atomic mass is 32.2. The van der Waals surface area contributed by atoms with Crippen LogP contribution in [0, 0.1) is 12.8 Å². The standard InChI is InChI=1S/C23H29N5O2S2/c1-13-7-17-9-18(8-13)28(17)23(30)16-5-6-20(25-10-16)26-12-31-11-19(24-4)21-14(2)27-22(32-21)15(3)29/h5-6,10-11,13,15,17-18,29H,4,7-9,12H2,1-3H3,(H,25,26)/b19-11-/t13?,15?,17-,18+. The number of nitrogens with zero attached hydrogens (tertiary/aromatic N) is 4. The summed E-state index contributed by atoms with van der Waals surface area (Å²) in [7, 11) is 0. The molecule has 0 saturated carbocycles. The molecule has 7 nitrogen and oxygen atoms in total. The molecular weight excluding hydrogens is 442 g/mol. The lowest BCUT2D eigenvalue weighted by Gasteiger charge is -2.55. The third-order valence-electron chi connectivity index (χ3n) is 6.03. The van der Waals surface area contributed by atoms with E-state index in [9.17, 15) is 9.90 Å². The first-order chi connectivity index (χ1) is 15.4. The number of rotatable bonds is 8. The van der Waals surface area contributed by atoms with Gasteiger partial charge in [0.2, 0.25) is 0 Å². The number of nitrogens with one attached hydrogen (secondary N) is 1. The lowest BCUT2D eigenvalue weighted by Crippen LogP contribution is -2.62. The highest BCUT2D eigenvalue weighted by Gasteiger charge is 2.46. The zero-order chi connectivity index (χ0) is 22.8. The number of pyridine rings is 1. The fourth-order valence-corrected chi connectivity index (χ4v) is 6.21. The summed E-state index contributed by atoms with van der Waals surface area (Å²) in [4.78, 5) is 28.7. The van der Waals surface area contributed by atoms with Crippen LogP contribution in [0.5, 0.6) is 0 Å². The number of hydrogen-bond acceptors (Lipinski definition) is 8. The Balaban J connectivity index is 1.31. The predicted octanol–water partition coefficient (Wildman–Crippen LogP) is 4.71. The molecule has 2 fully saturated rings. The minimum atomic E-state index is -0.599. The number of aliphatic hydroxyl groups excluding tert-OH is 1. The molecule has 9 heteroatoms. The van der Waals surface area contributed by atoms with Gasteiger partial charge in [-0.1, -0.05) is 6.92 Å². The van der Waals surface area contributed by atoms with E-state index in [4.69, 9.17) is 0 Å². The molecule has 0 aliphatic carbocycles. The molecule has 2 saturated heterocycles. The van der Waals surface area contributed by atoms with Crippen LogP contribution in [0.25, 0.3) is 5.70 Å². The Hall–Kier alpha value is -2.23. The molecule has 32 heavy (non-hydrogen) atoms. The second-order valence-corrected chi connectivity index (χ2v) is 10.4. The number of hydrogen-bond donors (Lipinski definition) is 2. The molecule has 170 valence electrons. The number of aryl methyl sites for hydroxylation is 1. The lowest BCUT2D eigenvalue weighted by atomic mass is 9.74. The molecule has 2 N–H and O–H groups in total. The monoisotopic (exact) mass is 471 g/mol. The fraction of sp³-hybridized carbons (Fsp3) is 0.478. The van der Waals surface area contributed by atoms with Gasteiger partial charge in [-0.15, -0.1) is 23.1 Å². The molecule has 2 aliphatic rings. The van der Waals surface area contributed by atoms with Crippen LogP contribution in [0.15, 0.2) is 28.7 Å². The first-order valence-electron chi connectivity index (χ1n) is 10.8. The molecule has 1 amide bonds. The van der Waals surface area contributed by atoms with Gasteiger partial charge < -0.3 is 15.3 Å². The highest BCUT2D eigenvalue weighted by molar-refractivity contribution is 8.02. The van der Waals surface area contributed by atoms with E-state index in [-0.39, 0.29) is 5.91 Å². The van der Waals surface area contributed by atoms with Crippen molar-refractivity contribution in [3.63, 3.8) is 0 Å². The van der Waals surface area contributed by atoms with Crippen molar-refractivity contribution >= 4 is 47.2 Å². The van der Waals surface area contributed by atoms with E-state index in [1.165, 1.54) is 23.1 Å². The average Bonchev–Trinajstić information content (AvgIpc) is 3.15. The largest absolute Gasteiger partial charge is 0.386 e. The van der Waals surface area contributed by atoms with Crippen molar-refractivity contribution < 1.29 is 9.90 Å². The predicted molar refractivity (Wildman–Crippen MR) is 132 cm³/mol. The second-order valence-electron chi connectivity index (χ2n) is 8.56. The first kappa shape index (κ1) is 22.9. The van der Waals surface area contributed by atoms with E-state index in [2.05, 4.69) is 38.8 Å². The molecule has 4 rings (SSSR count). The molecule has 4 atom stereocenters. The maximum absolute atomic E-state index is 12.9. The zero-order valence-corrected chi connectivity index (χ0v) is 20.2. The topological polar surface area (TPSA) is 90.7 Å². The number of aliphatic hydroxyl groups is 1. The quantitative estimate of drug-likeness (QED) is 0.329. The minimum Gasteiger partial charge on any atom is -0.386 e. The van der Waals surface area contributed by atoms with E-state index >= 15 is 0 Å². The van der Waals surface area contributed by atoms with Crippen LogP contribution < -0.4 is 5.32 Å². The number of anilines is 1. The Labute approximate surface area is 197 Å². The van der Waals surface area contributed by atoms with Crippen LogP contribution >= 0.6 is 23.1 Å². The Morgan fingerprint density at radius 3 is 2.78 bits per heavy atom. The van der Waals surface area contributed by atoms with E-state index in [1.807, 2.05) is 24.5 Å². The molecule has 0 radical (unpaired) electrons. The summed E-state index contributed by atoms with van der Waals surface area (Å²) >= 11 is 2.96. The Morgan fingerprint density at radius 2 is 2.19 bits per heavy atom. The van der Waals surface area contributed by atoms with Crippen LogP contribution in [-0.2, 0) is 0 Å². The molecular formula is C23H29N5O2S2. The van der Waals surface area contributed by atoms with Gasteiger partial charge in [0.1, 0.15) is 16.9 Å². The number of aromatic nitrogens is 2. The van der Waals surface area contributed by atoms with Crippen molar-refractivity contribution in [1.82, 2.24) is 14.9 Å². The molecule has 4 heterocycles. The molecule has 2 aromatic heterocycles. The molecule has 0 spiro atoms. The van der Waals surface area contributed by atoms with Crippen molar-refractivity contribution in [3.05, 3.63) is 44.9 Å². The summed E-state index contributed by atoms with van der Waals surface area (Å²) < 4.78 is 0. The smallest absolute Gasteiger partial charge is 0.255 e. The van der Waals surface area contributed by atoms with Gasteiger partial charge in [0.25, 0.3) is 5.91 Å². The van der Waals surface area contributed by atoms with Gasteiger partial charge in [-0.25, -0.2) is 9.97 Å².